The number of aryl methyl sites for hydroxylation is 1. The summed E-state index contributed by atoms with van der Waals surface area (Å²) in [5.41, 5.74) is 1.46. The Balaban J connectivity index is 1.84. The fraction of sp³-hybridized carbons (Fsp3) is 0.435. The summed E-state index contributed by atoms with van der Waals surface area (Å²) in [6.45, 7) is 9.30. The number of nitrogens with zero attached hydrogens (tertiary/aromatic N) is 2. The number of carbonyl (C=O) groups excluding carboxylic acids is 2. The number of amides is 2. The first-order valence-electron chi connectivity index (χ1n) is 10.4. The van der Waals surface area contributed by atoms with E-state index in [0.717, 1.165) is 0 Å². The van der Waals surface area contributed by atoms with E-state index in [2.05, 4.69) is 15.0 Å². The number of nitrogens with one attached hydrogen (secondary N) is 1. The van der Waals surface area contributed by atoms with Gasteiger partial charge in [0, 0.05) is 6.42 Å². The van der Waals surface area contributed by atoms with Crippen LogP contribution in [0.4, 0.5) is 24.7 Å². The maximum atomic E-state index is 12.8. The predicted molar refractivity (Wildman–Crippen MR) is 116 cm³/mol. The van der Waals surface area contributed by atoms with Crippen molar-refractivity contribution in [2.45, 2.75) is 60.1 Å². The monoisotopic (exact) mass is 465 g/mol. The van der Waals surface area contributed by atoms with Crippen molar-refractivity contribution < 1.29 is 32.2 Å². The second-order valence-electron chi connectivity index (χ2n) is 9.14. The Morgan fingerprint density at radius 1 is 1.21 bits per heavy atom. The summed E-state index contributed by atoms with van der Waals surface area (Å²) in [5.74, 6) is -0.310. The average Bonchev–Trinajstić information content (AvgIpc) is 2.65. The third-order valence-electron chi connectivity index (χ3n) is 4.80. The van der Waals surface area contributed by atoms with Crippen molar-refractivity contribution in [2.75, 3.05) is 10.2 Å². The number of carbonyl (C=O) groups is 2. The van der Waals surface area contributed by atoms with Crippen molar-refractivity contribution in [3.8, 4) is 11.6 Å². The zero-order chi connectivity index (χ0) is 24.6. The van der Waals surface area contributed by atoms with Crippen molar-refractivity contribution in [3.63, 3.8) is 0 Å². The summed E-state index contributed by atoms with van der Waals surface area (Å²) < 4.78 is 46.7. The molecule has 0 aliphatic carbocycles. The number of benzene rings is 1. The SMILES string of the molecule is Cc1cc2c(nc1NC(=O)CC(C)(C)C)O[C@@H](C)C(=O)N2Cc1ccc(OC(F)(F)F)cc1. The minimum Gasteiger partial charge on any atom is -0.463 e. The molecule has 1 atom stereocenters. The third kappa shape index (κ3) is 6.36. The summed E-state index contributed by atoms with van der Waals surface area (Å²) >= 11 is 0. The Morgan fingerprint density at radius 2 is 1.85 bits per heavy atom. The number of aromatic nitrogens is 1. The zero-order valence-corrected chi connectivity index (χ0v) is 19.0. The van der Waals surface area contributed by atoms with Gasteiger partial charge in [-0.3, -0.25) is 14.5 Å². The van der Waals surface area contributed by atoms with Crippen molar-refractivity contribution >= 4 is 23.3 Å². The largest absolute Gasteiger partial charge is 0.573 e. The smallest absolute Gasteiger partial charge is 0.463 e. The lowest BCUT2D eigenvalue weighted by molar-refractivity contribution is -0.274. The maximum absolute atomic E-state index is 12.8. The van der Waals surface area contributed by atoms with Crippen molar-refractivity contribution in [1.29, 1.82) is 0 Å². The average molecular weight is 465 g/mol. The zero-order valence-electron chi connectivity index (χ0n) is 19.0. The molecule has 0 saturated heterocycles. The quantitative estimate of drug-likeness (QED) is 0.674. The molecule has 7 nitrogen and oxygen atoms in total. The Hall–Kier alpha value is -3.30. The third-order valence-corrected chi connectivity index (χ3v) is 4.80. The minimum absolute atomic E-state index is 0.0999. The molecule has 10 heteroatoms. The number of ether oxygens (including phenoxy) is 2. The molecule has 0 bridgehead atoms. The molecule has 0 radical (unpaired) electrons. The number of fused-ring (bicyclic) bond motifs is 1. The van der Waals surface area contributed by atoms with Gasteiger partial charge in [0.25, 0.3) is 5.91 Å². The second kappa shape index (κ2) is 8.92. The van der Waals surface area contributed by atoms with Crippen LogP contribution in [-0.4, -0.2) is 29.3 Å². The van der Waals surface area contributed by atoms with Crippen LogP contribution in [0.25, 0.3) is 0 Å². The molecule has 33 heavy (non-hydrogen) atoms. The summed E-state index contributed by atoms with van der Waals surface area (Å²) in [7, 11) is 0. The molecule has 0 unspecified atom stereocenters. The molecular formula is C23H26F3N3O4. The number of hydrogen-bond acceptors (Lipinski definition) is 5. The highest BCUT2D eigenvalue weighted by Crippen LogP contribution is 2.37. The molecule has 1 N–H and O–H groups in total. The lowest BCUT2D eigenvalue weighted by atomic mass is 9.92. The van der Waals surface area contributed by atoms with Crippen LogP contribution in [0.2, 0.25) is 0 Å². The van der Waals surface area contributed by atoms with Gasteiger partial charge in [0.15, 0.2) is 6.10 Å². The van der Waals surface area contributed by atoms with Crippen LogP contribution < -0.4 is 19.7 Å². The summed E-state index contributed by atoms with van der Waals surface area (Å²) in [5, 5.41) is 2.79. The van der Waals surface area contributed by atoms with Crippen LogP contribution in [0.15, 0.2) is 30.3 Å². The van der Waals surface area contributed by atoms with Crippen LogP contribution in [0.5, 0.6) is 11.6 Å². The van der Waals surface area contributed by atoms with Gasteiger partial charge in [-0.05, 0) is 48.6 Å². The fourth-order valence-corrected chi connectivity index (χ4v) is 3.34. The van der Waals surface area contributed by atoms with Gasteiger partial charge in [-0.1, -0.05) is 32.9 Å². The number of anilines is 2. The van der Waals surface area contributed by atoms with Gasteiger partial charge < -0.3 is 14.8 Å². The standard InChI is InChI=1S/C23H26F3N3O4/c1-13-10-17-20(28-19(13)27-18(30)11-22(3,4)5)32-14(2)21(31)29(17)12-15-6-8-16(9-7-15)33-23(24,25)26/h6-10,14H,11-12H2,1-5H3,(H,27,28,30)/t14-/m0/s1. The highest BCUT2D eigenvalue weighted by Gasteiger charge is 2.34. The highest BCUT2D eigenvalue weighted by molar-refractivity contribution is 6.00. The summed E-state index contributed by atoms with van der Waals surface area (Å²) in [6, 6.07) is 6.98. The molecule has 2 heterocycles. The first-order valence-corrected chi connectivity index (χ1v) is 10.4. The van der Waals surface area contributed by atoms with Crippen LogP contribution in [0, 0.1) is 12.3 Å². The van der Waals surface area contributed by atoms with E-state index in [1.54, 1.807) is 19.9 Å². The van der Waals surface area contributed by atoms with Gasteiger partial charge in [-0.2, -0.15) is 4.98 Å². The fourth-order valence-electron chi connectivity index (χ4n) is 3.34. The van der Waals surface area contributed by atoms with E-state index < -0.39 is 12.5 Å². The molecule has 1 aromatic heterocycles. The first-order chi connectivity index (χ1) is 15.2. The molecule has 2 amide bonds. The number of alkyl halides is 3. The molecule has 0 spiro atoms. The van der Waals surface area contributed by atoms with Crippen molar-refractivity contribution in [1.82, 2.24) is 4.98 Å². The topological polar surface area (TPSA) is 80.8 Å². The van der Waals surface area contributed by atoms with E-state index >= 15 is 0 Å². The number of halogens is 3. The van der Waals surface area contributed by atoms with Crippen LogP contribution in [0.1, 0.15) is 45.2 Å². The number of rotatable bonds is 5. The maximum Gasteiger partial charge on any atom is 0.573 e. The van der Waals surface area contributed by atoms with Crippen molar-refractivity contribution in [2.24, 2.45) is 5.41 Å². The molecular weight excluding hydrogens is 439 g/mol. The molecule has 178 valence electrons. The van der Waals surface area contributed by atoms with E-state index in [0.29, 0.717) is 29.1 Å². The molecule has 1 aliphatic heterocycles. The van der Waals surface area contributed by atoms with E-state index in [4.69, 9.17) is 4.74 Å². The summed E-state index contributed by atoms with van der Waals surface area (Å²) in [6.07, 6.45) is -5.29. The normalized spacial score (nSPS) is 16.2. The number of pyridine rings is 1. The molecule has 3 rings (SSSR count). The van der Waals surface area contributed by atoms with Gasteiger partial charge in [0.05, 0.1) is 6.54 Å². The van der Waals surface area contributed by atoms with E-state index in [9.17, 15) is 22.8 Å². The van der Waals surface area contributed by atoms with E-state index in [1.807, 2.05) is 20.8 Å². The van der Waals surface area contributed by atoms with Crippen LogP contribution >= 0.6 is 0 Å². The summed E-state index contributed by atoms with van der Waals surface area (Å²) in [4.78, 5) is 31.0. The second-order valence-corrected chi connectivity index (χ2v) is 9.14. The van der Waals surface area contributed by atoms with Crippen LogP contribution in [-0.2, 0) is 16.1 Å². The lowest BCUT2D eigenvalue weighted by Gasteiger charge is -2.33. The Labute approximate surface area is 189 Å². The molecule has 1 aromatic carbocycles. The van der Waals surface area contributed by atoms with Crippen LogP contribution in [0.3, 0.4) is 0 Å². The van der Waals surface area contributed by atoms with E-state index in [-0.39, 0.29) is 35.4 Å². The number of hydrogen-bond donors (Lipinski definition) is 1. The van der Waals surface area contributed by atoms with E-state index in [1.165, 1.54) is 29.2 Å². The highest BCUT2D eigenvalue weighted by atomic mass is 19.4. The van der Waals surface area contributed by atoms with Gasteiger partial charge in [-0.25, -0.2) is 0 Å². The Bertz CT molecular complexity index is 1050. The molecule has 0 saturated carbocycles. The van der Waals surface area contributed by atoms with Gasteiger partial charge in [0.1, 0.15) is 17.3 Å². The Morgan fingerprint density at radius 3 is 2.42 bits per heavy atom. The minimum atomic E-state index is -4.78. The molecule has 0 fully saturated rings. The van der Waals surface area contributed by atoms with Gasteiger partial charge in [-0.15, -0.1) is 13.2 Å². The first kappa shape index (κ1) is 24.3. The Kier molecular flexibility index (Phi) is 6.58. The predicted octanol–water partition coefficient (Wildman–Crippen LogP) is 4.98. The molecule has 2 aromatic rings. The molecule has 1 aliphatic rings. The van der Waals surface area contributed by atoms with Gasteiger partial charge in [0.2, 0.25) is 11.8 Å². The van der Waals surface area contributed by atoms with Crippen molar-refractivity contribution in [3.05, 3.63) is 41.5 Å². The lowest BCUT2D eigenvalue weighted by Crippen LogP contribution is -2.44. The van der Waals surface area contributed by atoms with Gasteiger partial charge >= 0.3 is 6.36 Å².